The summed E-state index contributed by atoms with van der Waals surface area (Å²) in [4.78, 5) is 12.6. The van der Waals surface area contributed by atoms with E-state index in [1.54, 1.807) is 0 Å². The van der Waals surface area contributed by atoms with Gasteiger partial charge in [-0.1, -0.05) is 18.9 Å². The third-order valence-electron chi connectivity index (χ3n) is 4.86. The number of halogens is 1. The number of hydrogen-bond acceptors (Lipinski definition) is 2. The Hall–Kier alpha value is -0.870. The lowest BCUT2D eigenvalue weighted by molar-refractivity contribution is -0.117. The monoisotopic (exact) mass is 350 g/mol. The number of aryl methyl sites for hydroxylation is 2. The molecule has 3 nitrogen and oxygen atoms in total. The van der Waals surface area contributed by atoms with Crippen molar-refractivity contribution >= 4 is 27.5 Å². The summed E-state index contributed by atoms with van der Waals surface area (Å²) >= 11 is 3.56. The van der Waals surface area contributed by atoms with E-state index in [9.17, 15) is 4.79 Å². The molecular formula is C17H23BrN2O. The summed E-state index contributed by atoms with van der Waals surface area (Å²) in [5.41, 5.74) is 3.20. The van der Waals surface area contributed by atoms with Crippen LogP contribution in [0.4, 0.5) is 5.69 Å². The van der Waals surface area contributed by atoms with Crippen LogP contribution < -0.4 is 10.6 Å². The Kier molecular flexibility index (Phi) is 4.36. The average Bonchev–Trinajstić information content (AvgIpc) is 2.86. The lowest BCUT2D eigenvalue weighted by atomic mass is 9.85. The molecule has 0 aromatic heterocycles. The fourth-order valence-corrected chi connectivity index (χ4v) is 4.58. The molecule has 2 aliphatic rings. The summed E-state index contributed by atoms with van der Waals surface area (Å²) in [6.07, 6.45) is 6.10. The maximum atomic E-state index is 12.6. The highest BCUT2D eigenvalue weighted by Crippen LogP contribution is 2.34. The second-order valence-corrected chi connectivity index (χ2v) is 7.39. The molecule has 1 saturated heterocycles. The van der Waals surface area contributed by atoms with Crippen LogP contribution >= 0.6 is 15.9 Å². The first-order chi connectivity index (χ1) is 10.0. The zero-order valence-corrected chi connectivity index (χ0v) is 14.3. The third-order valence-corrected chi connectivity index (χ3v) is 5.48. The van der Waals surface area contributed by atoms with Gasteiger partial charge in [-0.2, -0.15) is 0 Å². The molecule has 3 atom stereocenters. The van der Waals surface area contributed by atoms with E-state index < -0.39 is 0 Å². The molecular weight excluding hydrogens is 328 g/mol. The van der Waals surface area contributed by atoms with Gasteiger partial charge in [-0.15, -0.1) is 0 Å². The van der Waals surface area contributed by atoms with Crippen molar-refractivity contribution in [2.75, 3.05) is 5.32 Å². The fourth-order valence-electron chi connectivity index (χ4n) is 3.81. The second kappa shape index (κ2) is 6.09. The van der Waals surface area contributed by atoms with Crippen LogP contribution in [0, 0.1) is 19.8 Å². The summed E-state index contributed by atoms with van der Waals surface area (Å²) in [6, 6.07) is 4.66. The predicted octanol–water partition coefficient (Wildman–Crippen LogP) is 3.93. The minimum Gasteiger partial charge on any atom is -0.323 e. The fraction of sp³-hybridized carbons (Fsp3) is 0.588. The number of carbonyl (C=O) groups excluding carboxylic acids is 1. The number of benzene rings is 1. The summed E-state index contributed by atoms with van der Waals surface area (Å²) in [6.45, 7) is 4.10. The first kappa shape index (κ1) is 15.0. The van der Waals surface area contributed by atoms with Crippen LogP contribution in [0.2, 0.25) is 0 Å². The molecule has 0 spiro atoms. The van der Waals surface area contributed by atoms with Crippen LogP contribution in [0.25, 0.3) is 0 Å². The van der Waals surface area contributed by atoms with E-state index in [2.05, 4.69) is 39.6 Å². The lowest BCUT2D eigenvalue weighted by Gasteiger charge is -2.24. The summed E-state index contributed by atoms with van der Waals surface area (Å²) < 4.78 is 0.962. The molecule has 0 bridgehead atoms. The Balaban J connectivity index is 1.70. The number of amides is 1. The van der Waals surface area contributed by atoms with Gasteiger partial charge in [0.1, 0.15) is 0 Å². The van der Waals surface area contributed by atoms with Gasteiger partial charge in [0.2, 0.25) is 5.91 Å². The van der Waals surface area contributed by atoms with E-state index in [1.807, 2.05) is 13.0 Å². The maximum Gasteiger partial charge on any atom is 0.241 e. The van der Waals surface area contributed by atoms with Crippen molar-refractivity contribution in [3.05, 3.63) is 27.7 Å². The van der Waals surface area contributed by atoms with Gasteiger partial charge in [-0.3, -0.25) is 4.79 Å². The highest BCUT2D eigenvalue weighted by Gasteiger charge is 2.38. The average molecular weight is 351 g/mol. The number of anilines is 1. The Morgan fingerprint density at radius 2 is 2.05 bits per heavy atom. The van der Waals surface area contributed by atoms with Crippen molar-refractivity contribution in [3.63, 3.8) is 0 Å². The summed E-state index contributed by atoms with van der Waals surface area (Å²) in [5, 5.41) is 6.64. The molecule has 3 unspecified atom stereocenters. The molecule has 2 N–H and O–H groups in total. The second-order valence-electron chi connectivity index (χ2n) is 6.53. The van der Waals surface area contributed by atoms with Gasteiger partial charge in [0.25, 0.3) is 0 Å². The van der Waals surface area contributed by atoms with Gasteiger partial charge in [-0.25, -0.2) is 0 Å². The van der Waals surface area contributed by atoms with Crippen LogP contribution in [0.3, 0.4) is 0 Å². The number of fused-ring (bicyclic) bond motifs is 1. The van der Waals surface area contributed by atoms with Gasteiger partial charge >= 0.3 is 0 Å². The van der Waals surface area contributed by atoms with E-state index in [1.165, 1.54) is 31.2 Å². The predicted molar refractivity (Wildman–Crippen MR) is 89.5 cm³/mol. The zero-order chi connectivity index (χ0) is 15.0. The van der Waals surface area contributed by atoms with Crippen LogP contribution in [0.5, 0.6) is 0 Å². The van der Waals surface area contributed by atoms with Crippen LogP contribution in [0.1, 0.15) is 43.2 Å². The minimum atomic E-state index is -0.0364. The van der Waals surface area contributed by atoms with Gasteiger partial charge in [0.05, 0.1) is 11.7 Å². The molecule has 21 heavy (non-hydrogen) atoms. The quantitative estimate of drug-likeness (QED) is 0.848. The molecule has 1 saturated carbocycles. The first-order valence-electron chi connectivity index (χ1n) is 7.88. The standard InChI is InChI=1S/C17H23BrN2O/c1-10-7-11(2)16(13(18)8-10)20-17(21)15-9-12-5-3-4-6-14(12)19-15/h7-8,12,14-15,19H,3-6,9H2,1-2H3,(H,20,21). The molecule has 2 fully saturated rings. The van der Waals surface area contributed by atoms with Gasteiger partial charge < -0.3 is 10.6 Å². The van der Waals surface area contributed by atoms with E-state index in [0.29, 0.717) is 12.0 Å². The third kappa shape index (κ3) is 3.16. The Bertz CT molecular complexity index is 521. The largest absolute Gasteiger partial charge is 0.323 e. The molecule has 1 aliphatic carbocycles. The molecule has 3 rings (SSSR count). The molecule has 1 aromatic carbocycles. The lowest BCUT2D eigenvalue weighted by Crippen LogP contribution is -2.40. The van der Waals surface area contributed by atoms with Crippen molar-refractivity contribution in [2.45, 2.75) is 58.0 Å². The molecule has 4 heteroatoms. The van der Waals surface area contributed by atoms with E-state index in [4.69, 9.17) is 0 Å². The smallest absolute Gasteiger partial charge is 0.241 e. The zero-order valence-electron chi connectivity index (χ0n) is 12.7. The number of carbonyl (C=O) groups is 1. The van der Waals surface area contributed by atoms with Gasteiger partial charge in [0, 0.05) is 10.5 Å². The molecule has 114 valence electrons. The molecule has 1 aliphatic heterocycles. The maximum absolute atomic E-state index is 12.6. The highest BCUT2D eigenvalue weighted by molar-refractivity contribution is 9.10. The molecule has 1 heterocycles. The molecule has 0 radical (unpaired) electrons. The van der Waals surface area contributed by atoms with Crippen LogP contribution in [-0.2, 0) is 4.79 Å². The van der Waals surface area contributed by atoms with Gasteiger partial charge in [-0.05, 0) is 72.2 Å². The van der Waals surface area contributed by atoms with Crippen LogP contribution in [0.15, 0.2) is 16.6 Å². The number of rotatable bonds is 2. The Morgan fingerprint density at radius 1 is 1.29 bits per heavy atom. The SMILES string of the molecule is Cc1cc(C)c(NC(=O)C2CC3CCCCC3N2)c(Br)c1. The molecule has 1 amide bonds. The Morgan fingerprint density at radius 3 is 2.76 bits per heavy atom. The highest BCUT2D eigenvalue weighted by atomic mass is 79.9. The van der Waals surface area contributed by atoms with Crippen molar-refractivity contribution in [3.8, 4) is 0 Å². The van der Waals surface area contributed by atoms with Crippen molar-refractivity contribution in [2.24, 2.45) is 5.92 Å². The van der Waals surface area contributed by atoms with Crippen LogP contribution in [-0.4, -0.2) is 18.0 Å². The molecule has 1 aromatic rings. The minimum absolute atomic E-state index is 0.0364. The number of hydrogen-bond donors (Lipinski definition) is 2. The summed E-state index contributed by atoms with van der Waals surface area (Å²) in [5.74, 6) is 0.800. The Labute approximate surface area is 135 Å². The van der Waals surface area contributed by atoms with E-state index in [0.717, 1.165) is 22.1 Å². The number of nitrogens with one attached hydrogen (secondary N) is 2. The van der Waals surface area contributed by atoms with Crippen molar-refractivity contribution in [1.29, 1.82) is 0 Å². The topological polar surface area (TPSA) is 41.1 Å². The van der Waals surface area contributed by atoms with E-state index in [-0.39, 0.29) is 11.9 Å². The van der Waals surface area contributed by atoms with Gasteiger partial charge in [0.15, 0.2) is 0 Å². The normalized spacial score (nSPS) is 28.2. The van der Waals surface area contributed by atoms with Crippen molar-refractivity contribution in [1.82, 2.24) is 5.32 Å². The summed E-state index contributed by atoms with van der Waals surface area (Å²) in [7, 11) is 0. The first-order valence-corrected chi connectivity index (χ1v) is 8.67. The van der Waals surface area contributed by atoms with E-state index >= 15 is 0 Å². The van der Waals surface area contributed by atoms with Crippen molar-refractivity contribution < 1.29 is 4.79 Å².